The fourth-order valence-corrected chi connectivity index (χ4v) is 2.09. The molecule has 0 saturated carbocycles. The number of aromatic nitrogens is 2. The van der Waals surface area contributed by atoms with Crippen LogP contribution in [-0.4, -0.2) is 28.5 Å². The molecule has 1 aromatic rings. The Morgan fingerprint density at radius 1 is 1.25 bits per heavy atom. The van der Waals surface area contributed by atoms with Crippen molar-refractivity contribution in [3.63, 3.8) is 0 Å². The first kappa shape index (κ1) is 16.7. The monoisotopic (exact) mass is 292 g/mol. The van der Waals surface area contributed by atoms with Crippen molar-refractivity contribution in [2.75, 3.05) is 6.61 Å². The molecule has 0 aliphatic rings. The Morgan fingerprint density at radius 2 is 1.90 bits per heavy atom. The molecule has 1 rings (SSSR count). The molecule has 7 heteroatoms. The molecule has 0 aliphatic heterocycles. The quantitative estimate of drug-likeness (QED) is 0.725. The number of nitrogens with zero attached hydrogens (tertiary/aromatic N) is 2. The molecule has 0 fully saturated rings. The lowest BCUT2D eigenvalue weighted by molar-refractivity contribution is -0.325. The van der Waals surface area contributed by atoms with Gasteiger partial charge in [0.05, 0.1) is 24.4 Å². The highest BCUT2D eigenvalue weighted by Gasteiger charge is 2.29. The smallest absolute Gasteiger partial charge is 0.294 e. The largest absolute Gasteiger partial charge is 0.522 e. The highest BCUT2D eigenvalue weighted by Crippen LogP contribution is 2.20. The average molecular weight is 292 g/mol. The molecular formula is C13H19F3N2O2. The standard InChI is InChI=1S/C13H19F3N2O2/c1-4-9-12(11(19)6-3)10(5-2)18(17-9)7-8-20-13(14,15)16/h4-8H2,1-3H3. The summed E-state index contributed by atoms with van der Waals surface area (Å²) in [5.41, 5.74) is 1.88. The van der Waals surface area contributed by atoms with Crippen LogP contribution >= 0.6 is 0 Å². The minimum atomic E-state index is -4.64. The van der Waals surface area contributed by atoms with Gasteiger partial charge in [0, 0.05) is 12.1 Å². The molecule has 114 valence electrons. The number of alkyl halides is 3. The van der Waals surface area contributed by atoms with Gasteiger partial charge in [0.2, 0.25) is 0 Å². The number of Topliss-reactive ketones (excluding diaryl/α,β-unsaturated/α-hetero) is 1. The van der Waals surface area contributed by atoms with Crippen LogP contribution in [0.25, 0.3) is 0 Å². The van der Waals surface area contributed by atoms with Gasteiger partial charge in [-0.3, -0.25) is 14.2 Å². The summed E-state index contributed by atoms with van der Waals surface area (Å²) in [7, 11) is 0. The highest BCUT2D eigenvalue weighted by molar-refractivity contribution is 5.98. The number of halogens is 3. The lowest BCUT2D eigenvalue weighted by Crippen LogP contribution is -2.19. The second-order valence-electron chi connectivity index (χ2n) is 4.27. The summed E-state index contributed by atoms with van der Waals surface area (Å²) >= 11 is 0. The van der Waals surface area contributed by atoms with Gasteiger partial charge >= 0.3 is 6.36 Å². The van der Waals surface area contributed by atoms with Crippen LogP contribution < -0.4 is 0 Å². The van der Waals surface area contributed by atoms with Gasteiger partial charge in [-0.15, -0.1) is 13.2 Å². The van der Waals surface area contributed by atoms with Crippen molar-refractivity contribution < 1.29 is 22.7 Å². The zero-order chi connectivity index (χ0) is 15.3. The summed E-state index contributed by atoms with van der Waals surface area (Å²) in [5.74, 6) is -0.0262. The number of carbonyl (C=O) groups is 1. The average Bonchev–Trinajstić information content (AvgIpc) is 2.74. The maximum absolute atomic E-state index is 12.0. The number of hydrogen-bond acceptors (Lipinski definition) is 3. The molecular weight excluding hydrogens is 273 g/mol. The summed E-state index contributed by atoms with van der Waals surface area (Å²) in [6, 6.07) is 0. The van der Waals surface area contributed by atoms with E-state index in [2.05, 4.69) is 9.84 Å². The van der Waals surface area contributed by atoms with Gasteiger partial charge in [0.25, 0.3) is 0 Å². The third kappa shape index (κ3) is 4.06. The van der Waals surface area contributed by atoms with E-state index in [4.69, 9.17) is 0 Å². The molecule has 0 aromatic carbocycles. The molecule has 4 nitrogen and oxygen atoms in total. The van der Waals surface area contributed by atoms with E-state index < -0.39 is 13.0 Å². The van der Waals surface area contributed by atoms with Crippen LogP contribution in [0.3, 0.4) is 0 Å². The number of ether oxygens (including phenoxy) is 1. The van der Waals surface area contributed by atoms with Crippen LogP contribution in [0.2, 0.25) is 0 Å². The third-order valence-electron chi connectivity index (χ3n) is 2.97. The Hall–Kier alpha value is -1.37. The molecule has 1 heterocycles. The molecule has 0 amide bonds. The molecule has 1 aromatic heterocycles. The van der Waals surface area contributed by atoms with Gasteiger partial charge in [-0.1, -0.05) is 20.8 Å². The normalized spacial score (nSPS) is 11.9. The molecule has 0 atom stereocenters. The molecule has 0 saturated heterocycles. The van der Waals surface area contributed by atoms with Crippen LogP contribution in [-0.2, 0) is 24.1 Å². The van der Waals surface area contributed by atoms with Gasteiger partial charge in [-0.25, -0.2) is 0 Å². The molecule has 20 heavy (non-hydrogen) atoms. The van der Waals surface area contributed by atoms with E-state index in [0.717, 1.165) is 0 Å². The minimum Gasteiger partial charge on any atom is -0.294 e. The lowest BCUT2D eigenvalue weighted by Gasteiger charge is -2.09. The number of ketones is 1. The Labute approximate surface area is 115 Å². The minimum absolute atomic E-state index is 0.0212. The first-order chi connectivity index (χ1) is 9.34. The van der Waals surface area contributed by atoms with Crippen LogP contribution in [0.15, 0.2) is 0 Å². The van der Waals surface area contributed by atoms with Crippen molar-refractivity contribution in [3.8, 4) is 0 Å². The second kappa shape index (κ2) is 6.88. The first-order valence-electron chi connectivity index (χ1n) is 6.66. The van der Waals surface area contributed by atoms with E-state index in [-0.39, 0.29) is 12.3 Å². The third-order valence-corrected chi connectivity index (χ3v) is 2.97. The number of hydrogen-bond donors (Lipinski definition) is 0. The summed E-state index contributed by atoms with van der Waals surface area (Å²) in [6.45, 7) is 4.94. The number of rotatable bonds is 7. The van der Waals surface area contributed by atoms with Crippen molar-refractivity contribution in [3.05, 3.63) is 17.0 Å². The Morgan fingerprint density at radius 3 is 2.35 bits per heavy atom. The molecule has 0 bridgehead atoms. The maximum atomic E-state index is 12.0. The van der Waals surface area contributed by atoms with Crippen molar-refractivity contribution in [2.24, 2.45) is 0 Å². The van der Waals surface area contributed by atoms with Gasteiger partial charge < -0.3 is 0 Å². The molecule has 0 unspecified atom stereocenters. The second-order valence-corrected chi connectivity index (χ2v) is 4.27. The van der Waals surface area contributed by atoms with Gasteiger partial charge in [-0.2, -0.15) is 5.10 Å². The maximum Gasteiger partial charge on any atom is 0.522 e. The van der Waals surface area contributed by atoms with E-state index in [1.807, 2.05) is 13.8 Å². The van der Waals surface area contributed by atoms with E-state index >= 15 is 0 Å². The van der Waals surface area contributed by atoms with E-state index in [1.165, 1.54) is 4.68 Å². The molecule has 0 spiro atoms. The summed E-state index contributed by atoms with van der Waals surface area (Å²) in [4.78, 5) is 12.0. The predicted octanol–water partition coefficient (Wildman–Crippen LogP) is 3.14. The summed E-state index contributed by atoms with van der Waals surface area (Å²) < 4.78 is 41.1. The van der Waals surface area contributed by atoms with Crippen LogP contribution in [0.5, 0.6) is 0 Å². The first-order valence-corrected chi connectivity index (χ1v) is 6.66. The zero-order valence-electron chi connectivity index (χ0n) is 11.9. The molecule has 0 radical (unpaired) electrons. The van der Waals surface area contributed by atoms with E-state index in [0.29, 0.717) is 36.2 Å². The van der Waals surface area contributed by atoms with Gasteiger partial charge in [0.15, 0.2) is 5.78 Å². The lowest BCUT2D eigenvalue weighted by atomic mass is 10.0. The topological polar surface area (TPSA) is 44.1 Å². The predicted molar refractivity (Wildman–Crippen MR) is 67.6 cm³/mol. The summed E-state index contributed by atoms with van der Waals surface area (Å²) in [5, 5.41) is 4.24. The van der Waals surface area contributed by atoms with Crippen molar-refractivity contribution in [1.29, 1.82) is 0 Å². The van der Waals surface area contributed by atoms with Crippen LogP contribution in [0.1, 0.15) is 48.9 Å². The fourth-order valence-electron chi connectivity index (χ4n) is 2.09. The van der Waals surface area contributed by atoms with E-state index in [9.17, 15) is 18.0 Å². The van der Waals surface area contributed by atoms with Crippen molar-refractivity contribution in [2.45, 2.75) is 52.9 Å². The van der Waals surface area contributed by atoms with Crippen LogP contribution in [0, 0.1) is 0 Å². The van der Waals surface area contributed by atoms with Crippen LogP contribution in [0.4, 0.5) is 13.2 Å². The molecule has 0 aliphatic carbocycles. The highest BCUT2D eigenvalue weighted by atomic mass is 19.4. The Balaban J connectivity index is 2.96. The van der Waals surface area contributed by atoms with Gasteiger partial charge in [-0.05, 0) is 12.8 Å². The Bertz CT molecular complexity index is 467. The zero-order valence-corrected chi connectivity index (χ0v) is 11.9. The van der Waals surface area contributed by atoms with E-state index in [1.54, 1.807) is 6.92 Å². The van der Waals surface area contributed by atoms with Gasteiger partial charge in [0.1, 0.15) is 0 Å². The molecule has 0 N–H and O–H groups in total. The number of aryl methyl sites for hydroxylation is 1. The fraction of sp³-hybridized carbons (Fsp3) is 0.692. The Kier molecular flexibility index (Phi) is 5.74. The SMILES string of the molecule is CCC(=O)c1c(CC)nn(CCOC(F)(F)F)c1CC. The number of carbonyl (C=O) groups excluding carboxylic acids is 1. The van der Waals surface area contributed by atoms with Crippen molar-refractivity contribution >= 4 is 5.78 Å². The van der Waals surface area contributed by atoms with Crippen molar-refractivity contribution in [1.82, 2.24) is 9.78 Å². The summed E-state index contributed by atoms with van der Waals surface area (Å²) in [6.07, 6.45) is -3.18.